The van der Waals surface area contributed by atoms with Gasteiger partial charge >= 0.3 is 0 Å². The lowest BCUT2D eigenvalue weighted by Crippen LogP contribution is -2.41. The molecular formula is C26H35Cl2FN4O2S. The van der Waals surface area contributed by atoms with Gasteiger partial charge in [-0.1, -0.05) is 0 Å². The SMILES string of the molecule is Cl.Cl.Cn1c(-c2ccc(S(C)(=O)=O)cc2)nc2c(F)cc(C3CCN(C4CCCNCC4)CC3)cc21. The number of rotatable bonds is 4. The van der Waals surface area contributed by atoms with Crippen LogP contribution in [-0.4, -0.2) is 61.3 Å². The van der Waals surface area contributed by atoms with E-state index in [0.717, 1.165) is 55.7 Å². The molecule has 1 aromatic heterocycles. The highest BCUT2D eigenvalue weighted by Gasteiger charge is 2.27. The summed E-state index contributed by atoms with van der Waals surface area (Å²) in [5.41, 5.74) is 2.94. The molecule has 1 atom stereocenters. The van der Waals surface area contributed by atoms with E-state index in [-0.39, 0.29) is 35.5 Å². The van der Waals surface area contributed by atoms with Crippen molar-refractivity contribution in [3.8, 4) is 11.4 Å². The van der Waals surface area contributed by atoms with E-state index in [1.165, 1.54) is 25.5 Å². The number of nitrogens with zero attached hydrogens (tertiary/aromatic N) is 3. The zero-order valence-corrected chi connectivity index (χ0v) is 23.2. The zero-order valence-electron chi connectivity index (χ0n) is 20.7. The van der Waals surface area contributed by atoms with Gasteiger partial charge in [0.1, 0.15) is 11.3 Å². The summed E-state index contributed by atoms with van der Waals surface area (Å²) < 4.78 is 40.6. The van der Waals surface area contributed by atoms with Crippen molar-refractivity contribution >= 4 is 45.7 Å². The molecule has 5 rings (SSSR count). The number of piperidine rings is 1. The second-order valence-corrected chi connectivity index (χ2v) is 11.8. The van der Waals surface area contributed by atoms with Crippen LogP contribution in [0.2, 0.25) is 0 Å². The van der Waals surface area contributed by atoms with Gasteiger partial charge in [-0.15, -0.1) is 24.8 Å². The molecule has 2 aliphatic rings. The third-order valence-electron chi connectivity index (χ3n) is 7.57. The van der Waals surface area contributed by atoms with Gasteiger partial charge in [-0.05, 0) is 106 Å². The molecule has 198 valence electrons. The van der Waals surface area contributed by atoms with Crippen LogP contribution in [0.25, 0.3) is 22.4 Å². The van der Waals surface area contributed by atoms with Gasteiger partial charge in [0.15, 0.2) is 15.7 Å². The highest BCUT2D eigenvalue weighted by molar-refractivity contribution is 7.90. The summed E-state index contributed by atoms with van der Waals surface area (Å²) in [5.74, 6) is 0.689. The number of fused-ring (bicyclic) bond motifs is 1. The maximum Gasteiger partial charge on any atom is 0.175 e. The van der Waals surface area contributed by atoms with Crippen molar-refractivity contribution in [1.82, 2.24) is 19.8 Å². The molecule has 6 nitrogen and oxygen atoms in total. The number of aromatic nitrogens is 2. The Labute approximate surface area is 225 Å². The Morgan fingerprint density at radius 1 is 1.00 bits per heavy atom. The molecule has 1 unspecified atom stereocenters. The van der Waals surface area contributed by atoms with Crippen molar-refractivity contribution in [2.75, 3.05) is 32.4 Å². The molecule has 0 aliphatic carbocycles. The van der Waals surface area contributed by atoms with Crippen molar-refractivity contribution in [3.63, 3.8) is 0 Å². The third-order valence-corrected chi connectivity index (χ3v) is 8.69. The minimum atomic E-state index is -3.27. The number of sulfone groups is 1. The van der Waals surface area contributed by atoms with E-state index in [2.05, 4.69) is 21.3 Å². The molecule has 0 saturated carbocycles. The van der Waals surface area contributed by atoms with E-state index < -0.39 is 9.84 Å². The summed E-state index contributed by atoms with van der Waals surface area (Å²) >= 11 is 0. The van der Waals surface area contributed by atoms with Gasteiger partial charge in [0.2, 0.25) is 0 Å². The number of likely N-dealkylation sites (tertiary alicyclic amines) is 1. The lowest BCUT2D eigenvalue weighted by atomic mass is 9.88. The highest BCUT2D eigenvalue weighted by Crippen LogP contribution is 2.34. The Balaban J connectivity index is 0.00000180. The van der Waals surface area contributed by atoms with Gasteiger partial charge in [-0.2, -0.15) is 0 Å². The predicted octanol–water partition coefficient (Wildman–Crippen LogP) is 4.95. The van der Waals surface area contributed by atoms with Crippen molar-refractivity contribution in [2.24, 2.45) is 7.05 Å². The number of nitrogens with one attached hydrogen (secondary N) is 1. The number of halogens is 3. The largest absolute Gasteiger partial charge is 0.327 e. The van der Waals surface area contributed by atoms with Crippen LogP contribution in [0.3, 0.4) is 0 Å². The third kappa shape index (κ3) is 5.89. The summed E-state index contributed by atoms with van der Waals surface area (Å²) in [5, 5.41) is 3.50. The van der Waals surface area contributed by atoms with Crippen molar-refractivity contribution in [1.29, 1.82) is 0 Å². The second-order valence-electron chi connectivity index (χ2n) is 9.81. The minimum absolute atomic E-state index is 0. The van der Waals surface area contributed by atoms with Crippen molar-refractivity contribution < 1.29 is 12.8 Å². The summed E-state index contributed by atoms with van der Waals surface area (Å²) in [4.78, 5) is 7.47. The van der Waals surface area contributed by atoms with E-state index in [4.69, 9.17) is 0 Å². The number of aryl methyl sites for hydroxylation is 1. The van der Waals surface area contributed by atoms with Gasteiger partial charge in [0, 0.05) is 24.9 Å². The second kappa shape index (κ2) is 11.8. The predicted molar refractivity (Wildman–Crippen MR) is 148 cm³/mol. The van der Waals surface area contributed by atoms with Gasteiger partial charge in [0.05, 0.1) is 10.4 Å². The molecule has 0 spiro atoms. The summed E-state index contributed by atoms with van der Waals surface area (Å²) in [6, 6.07) is 11.0. The summed E-state index contributed by atoms with van der Waals surface area (Å²) in [6.07, 6.45) is 7.01. The molecule has 0 amide bonds. The number of imidazole rings is 1. The van der Waals surface area contributed by atoms with Crippen LogP contribution in [-0.2, 0) is 16.9 Å². The first kappa shape index (κ1) is 28.9. The monoisotopic (exact) mass is 556 g/mol. The van der Waals surface area contributed by atoms with Gasteiger partial charge in [-0.3, -0.25) is 0 Å². The quantitative estimate of drug-likeness (QED) is 0.492. The van der Waals surface area contributed by atoms with Gasteiger partial charge < -0.3 is 14.8 Å². The molecule has 1 N–H and O–H groups in total. The molecule has 2 aromatic carbocycles. The first-order valence-electron chi connectivity index (χ1n) is 12.2. The summed E-state index contributed by atoms with van der Waals surface area (Å²) in [6.45, 7) is 4.36. The van der Waals surface area contributed by atoms with E-state index in [1.807, 2.05) is 11.6 Å². The molecule has 0 radical (unpaired) electrons. The standard InChI is InChI=1S/C26H33FN4O2S.2ClH/c1-30-24-17-20(18-10-14-31(15-11-18)21-4-3-12-28-13-9-21)16-23(27)25(24)29-26(30)19-5-7-22(8-6-19)34(2,32)33;;/h5-8,16-18,21,28H,3-4,9-15H2,1-2H3;2*1H. The van der Waals surface area contributed by atoms with E-state index in [0.29, 0.717) is 23.3 Å². The minimum Gasteiger partial charge on any atom is -0.327 e. The fourth-order valence-corrected chi connectivity index (χ4v) is 6.21. The van der Waals surface area contributed by atoms with Crippen molar-refractivity contribution in [3.05, 3.63) is 47.8 Å². The fourth-order valence-electron chi connectivity index (χ4n) is 5.58. The van der Waals surface area contributed by atoms with Crippen LogP contribution >= 0.6 is 24.8 Å². The fraction of sp³-hybridized carbons (Fsp3) is 0.500. The molecule has 3 heterocycles. The number of hydrogen-bond acceptors (Lipinski definition) is 5. The number of benzene rings is 2. The first-order valence-corrected chi connectivity index (χ1v) is 14.1. The van der Waals surface area contributed by atoms with Crippen LogP contribution in [0.4, 0.5) is 4.39 Å². The molecule has 36 heavy (non-hydrogen) atoms. The topological polar surface area (TPSA) is 67.2 Å². The van der Waals surface area contributed by atoms with Gasteiger partial charge in [0.25, 0.3) is 0 Å². The average molecular weight is 558 g/mol. The molecule has 10 heteroatoms. The molecule has 0 bridgehead atoms. The lowest BCUT2D eigenvalue weighted by Gasteiger charge is -2.37. The van der Waals surface area contributed by atoms with Crippen molar-refractivity contribution in [2.45, 2.75) is 49.0 Å². The number of hydrogen-bond donors (Lipinski definition) is 1. The Kier molecular flexibility index (Phi) is 9.44. The van der Waals surface area contributed by atoms with Crippen LogP contribution in [0.5, 0.6) is 0 Å². The smallest absolute Gasteiger partial charge is 0.175 e. The molecule has 3 aromatic rings. The lowest BCUT2D eigenvalue weighted by molar-refractivity contribution is 0.141. The Morgan fingerprint density at radius 3 is 2.36 bits per heavy atom. The highest BCUT2D eigenvalue weighted by atomic mass is 35.5. The Bertz CT molecular complexity index is 1280. The first-order chi connectivity index (χ1) is 16.3. The van der Waals surface area contributed by atoms with Gasteiger partial charge in [-0.25, -0.2) is 17.8 Å². The Morgan fingerprint density at radius 2 is 1.69 bits per heavy atom. The van der Waals surface area contributed by atoms with E-state index in [1.54, 1.807) is 30.3 Å². The van der Waals surface area contributed by atoms with E-state index >= 15 is 4.39 Å². The maximum absolute atomic E-state index is 15.2. The maximum atomic E-state index is 15.2. The van der Waals surface area contributed by atoms with Crippen LogP contribution in [0.1, 0.15) is 43.6 Å². The average Bonchev–Trinajstić information content (AvgIpc) is 2.99. The summed E-state index contributed by atoms with van der Waals surface area (Å²) in [7, 11) is -1.38. The van der Waals surface area contributed by atoms with E-state index in [9.17, 15) is 8.42 Å². The molecule has 2 fully saturated rings. The Hall–Kier alpha value is -1.71. The van der Waals surface area contributed by atoms with Crippen LogP contribution < -0.4 is 5.32 Å². The normalized spacial score (nSPS) is 19.9. The van der Waals surface area contributed by atoms with Crippen LogP contribution in [0.15, 0.2) is 41.3 Å². The zero-order chi connectivity index (χ0) is 23.9. The molecular weight excluding hydrogens is 522 g/mol. The molecule has 2 saturated heterocycles. The molecule has 2 aliphatic heterocycles. The van der Waals surface area contributed by atoms with Crippen LogP contribution in [0, 0.1) is 5.82 Å².